The minimum absolute atomic E-state index is 0.0675. The van der Waals surface area contributed by atoms with Crippen molar-refractivity contribution in [1.82, 2.24) is 5.32 Å². The number of sulfone groups is 1. The number of amides is 1. The van der Waals surface area contributed by atoms with Crippen molar-refractivity contribution in [2.24, 2.45) is 0 Å². The Morgan fingerprint density at radius 3 is 2.46 bits per heavy atom. The van der Waals surface area contributed by atoms with Crippen molar-refractivity contribution in [2.75, 3.05) is 0 Å². The van der Waals surface area contributed by atoms with E-state index in [9.17, 15) is 13.2 Å². The molecule has 0 aliphatic rings. The summed E-state index contributed by atoms with van der Waals surface area (Å²) in [5.41, 5.74) is 2.72. The van der Waals surface area contributed by atoms with Crippen molar-refractivity contribution in [3.63, 3.8) is 0 Å². The van der Waals surface area contributed by atoms with Gasteiger partial charge in [-0.2, -0.15) is 0 Å². The molecule has 3 rings (SSSR count). The zero-order valence-corrected chi connectivity index (χ0v) is 16.7. The quantitative estimate of drug-likeness (QED) is 0.648. The Labute approximate surface area is 165 Å². The number of furan rings is 1. The third-order valence-electron chi connectivity index (χ3n) is 4.36. The molecule has 0 saturated heterocycles. The van der Waals surface area contributed by atoms with E-state index >= 15 is 0 Å². The van der Waals surface area contributed by atoms with E-state index in [0.29, 0.717) is 0 Å². The first kappa shape index (κ1) is 19.9. The maximum absolute atomic E-state index is 12.5. The molecule has 3 aromatic rings. The molecule has 28 heavy (non-hydrogen) atoms. The molecule has 0 aliphatic heterocycles. The summed E-state index contributed by atoms with van der Waals surface area (Å²) < 4.78 is 30.4. The monoisotopic (exact) mass is 397 g/mol. The molecule has 1 amide bonds. The van der Waals surface area contributed by atoms with E-state index in [1.54, 1.807) is 6.07 Å². The number of hydrogen-bond acceptors (Lipinski definition) is 4. The normalized spacial score (nSPS) is 12.5. The van der Waals surface area contributed by atoms with Gasteiger partial charge >= 0.3 is 0 Å². The molecule has 0 radical (unpaired) electrons. The highest BCUT2D eigenvalue weighted by Gasteiger charge is 2.19. The standard InChI is InChI=1S/C22H23NO4S/c1-16-7-6-8-18(13-16)14-28(25,26)15-20-11-12-21(27-20)22(24)23-17(2)19-9-4-3-5-10-19/h3-13,17H,14-15H2,1-2H3,(H,23,24)/t17-/m0/s1. The third-order valence-corrected chi connectivity index (χ3v) is 5.86. The maximum Gasteiger partial charge on any atom is 0.287 e. The minimum atomic E-state index is -3.41. The predicted molar refractivity (Wildman–Crippen MR) is 109 cm³/mol. The molecule has 1 aromatic heterocycles. The van der Waals surface area contributed by atoms with Gasteiger partial charge in [0.2, 0.25) is 0 Å². The molecule has 0 bridgehead atoms. The van der Waals surface area contributed by atoms with Gasteiger partial charge in [0, 0.05) is 0 Å². The summed E-state index contributed by atoms with van der Waals surface area (Å²) >= 11 is 0. The molecule has 0 spiro atoms. The van der Waals surface area contributed by atoms with Gasteiger partial charge < -0.3 is 9.73 Å². The lowest BCUT2D eigenvalue weighted by Gasteiger charge is -2.13. The predicted octanol–water partition coefficient (Wildman–Crippen LogP) is 4.19. The minimum Gasteiger partial charge on any atom is -0.455 e. The Morgan fingerprint density at radius 1 is 1.00 bits per heavy atom. The first-order valence-electron chi connectivity index (χ1n) is 9.03. The Morgan fingerprint density at radius 2 is 1.75 bits per heavy atom. The van der Waals surface area contributed by atoms with Crippen LogP contribution in [-0.4, -0.2) is 14.3 Å². The van der Waals surface area contributed by atoms with E-state index in [4.69, 9.17) is 4.42 Å². The van der Waals surface area contributed by atoms with Crippen molar-refractivity contribution < 1.29 is 17.6 Å². The summed E-state index contributed by atoms with van der Waals surface area (Å²) in [4.78, 5) is 12.4. The first-order valence-corrected chi connectivity index (χ1v) is 10.8. The first-order chi connectivity index (χ1) is 13.3. The van der Waals surface area contributed by atoms with Crippen LogP contribution in [0.5, 0.6) is 0 Å². The smallest absolute Gasteiger partial charge is 0.287 e. The second kappa shape index (κ2) is 8.44. The molecule has 0 unspecified atom stereocenters. The number of nitrogens with one attached hydrogen (secondary N) is 1. The average molecular weight is 397 g/mol. The van der Waals surface area contributed by atoms with E-state index in [1.807, 2.05) is 62.4 Å². The molecule has 1 heterocycles. The van der Waals surface area contributed by atoms with Gasteiger partial charge in [-0.05, 0) is 37.1 Å². The van der Waals surface area contributed by atoms with Crippen LogP contribution in [0.4, 0.5) is 0 Å². The zero-order chi connectivity index (χ0) is 20.1. The van der Waals surface area contributed by atoms with Gasteiger partial charge in [0.25, 0.3) is 5.91 Å². The van der Waals surface area contributed by atoms with E-state index in [2.05, 4.69) is 5.32 Å². The van der Waals surface area contributed by atoms with Crippen molar-refractivity contribution in [3.05, 3.63) is 94.9 Å². The molecule has 0 fully saturated rings. The summed E-state index contributed by atoms with van der Waals surface area (Å²) in [6.45, 7) is 3.80. The van der Waals surface area contributed by atoms with Crippen molar-refractivity contribution in [3.8, 4) is 0 Å². The van der Waals surface area contributed by atoms with Crippen LogP contribution in [0, 0.1) is 6.92 Å². The molecule has 6 heteroatoms. The number of rotatable bonds is 7. The summed E-state index contributed by atoms with van der Waals surface area (Å²) in [7, 11) is -3.41. The molecular weight excluding hydrogens is 374 g/mol. The number of benzene rings is 2. The molecule has 0 aliphatic carbocycles. The van der Waals surface area contributed by atoms with E-state index in [1.165, 1.54) is 12.1 Å². The van der Waals surface area contributed by atoms with Gasteiger partial charge in [-0.3, -0.25) is 4.79 Å². The zero-order valence-electron chi connectivity index (χ0n) is 15.9. The summed E-state index contributed by atoms with van der Waals surface area (Å²) in [5.74, 6) is -0.336. The topological polar surface area (TPSA) is 76.4 Å². The molecule has 5 nitrogen and oxygen atoms in total. The lowest BCUT2D eigenvalue weighted by molar-refractivity contribution is 0.0910. The molecule has 146 valence electrons. The third kappa shape index (κ3) is 5.33. The van der Waals surface area contributed by atoms with Crippen LogP contribution >= 0.6 is 0 Å². The fraction of sp³-hybridized carbons (Fsp3) is 0.227. The van der Waals surface area contributed by atoms with Crippen LogP contribution in [0.2, 0.25) is 0 Å². The summed E-state index contributed by atoms with van der Waals surface area (Å²) in [6.07, 6.45) is 0. The van der Waals surface area contributed by atoms with Gasteiger partial charge in [0.15, 0.2) is 15.6 Å². The molecule has 1 atom stereocenters. The second-order valence-electron chi connectivity index (χ2n) is 6.89. The van der Waals surface area contributed by atoms with Crippen LogP contribution in [0.15, 0.2) is 71.1 Å². The van der Waals surface area contributed by atoms with Crippen LogP contribution in [0.3, 0.4) is 0 Å². The largest absolute Gasteiger partial charge is 0.455 e. The van der Waals surface area contributed by atoms with E-state index in [0.717, 1.165) is 16.7 Å². The maximum atomic E-state index is 12.5. The Balaban J connectivity index is 1.64. The van der Waals surface area contributed by atoms with Crippen molar-refractivity contribution in [1.29, 1.82) is 0 Å². The fourth-order valence-electron chi connectivity index (χ4n) is 2.99. The van der Waals surface area contributed by atoms with Crippen LogP contribution in [0.1, 0.15) is 46.0 Å². The molecular formula is C22H23NO4S. The van der Waals surface area contributed by atoms with E-state index < -0.39 is 9.84 Å². The average Bonchev–Trinajstić information content (AvgIpc) is 3.09. The van der Waals surface area contributed by atoms with E-state index in [-0.39, 0.29) is 35.0 Å². The van der Waals surface area contributed by atoms with Gasteiger partial charge in [-0.15, -0.1) is 0 Å². The highest BCUT2D eigenvalue weighted by molar-refractivity contribution is 7.89. The van der Waals surface area contributed by atoms with Crippen molar-refractivity contribution >= 4 is 15.7 Å². The van der Waals surface area contributed by atoms with Crippen LogP contribution in [-0.2, 0) is 21.3 Å². The van der Waals surface area contributed by atoms with Crippen LogP contribution in [0.25, 0.3) is 0 Å². The number of hydrogen-bond donors (Lipinski definition) is 1. The molecule has 2 aromatic carbocycles. The summed E-state index contributed by atoms with van der Waals surface area (Å²) in [6, 6.07) is 19.8. The molecule has 0 saturated carbocycles. The van der Waals surface area contributed by atoms with Gasteiger partial charge in [0.05, 0.1) is 11.8 Å². The second-order valence-corrected chi connectivity index (χ2v) is 8.96. The number of aryl methyl sites for hydroxylation is 1. The van der Waals surface area contributed by atoms with Gasteiger partial charge in [0.1, 0.15) is 11.5 Å². The number of carbonyl (C=O) groups excluding carboxylic acids is 1. The highest BCUT2D eigenvalue weighted by Crippen LogP contribution is 2.17. The Bertz CT molecular complexity index is 1050. The van der Waals surface area contributed by atoms with Crippen LogP contribution < -0.4 is 5.32 Å². The number of carbonyl (C=O) groups is 1. The highest BCUT2D eigenvalue weighted by atomic mass is 32.2. The SMILES string of the molecule is Cc1cccc(CS(=O)(=O)Cc2ccc(C(=O)N[C@@H](C)c3ccccc3)o2)c1. The Kier molecular flexibility index (Phi) is 5.99. The molecule has 1 N–H and O–H groups in total. The summed E-state index contributed by atoms with van der Waals surface area (Å²) in [5, 5.41) is 2.85. The van der Waals surface area contributed by atoms with Gasteiger partial charge in [-0.1, -0.05) is 60.2 Å². The van der Waals surface area contributed by atoms with Crippen molar-refractivity contribution in [2.45, 2.75) is 31.4 Å². The lowest BCUT2D eigenvalue weighted by Crippen LogP contribution is -2.26. The Hall–Kier alpha value is -2.86. The fourth-order valence-corrected chi connectivity index (χ4v) is 4.37. The van der Waals surface area contributed by atoms with Gasteiger partial charge in [-0.25, -0.2) is 8.42 Å². The lowest BCUT2D eigenvalue weighted by atomic mass is 10.1.